The molecule has 0 heterocycles. The summed E-state index contributed by atoms with van der Waals surface area (Å²) in [5.74, 6) is -0.00464. The van der Waals surface area contributed by atoms with Crippen LogP contribution in [0.4, 0.5) is 0 Å². The summed E-state index contributed by atoms with van der Waals surface area (Å²) in [7, 11) is -2.54. The summed E-state index contributed by atoms with van der Waals surface area (Å²) in [5, 5.41) is 0.592. The van der Waals surface area contributed by atoms with Crippen molar-refractivity contribution in [2.75, 3.05) is 20.3 Å². The van der Waals surface area contributed by atoms with Crippen LogP contribution in [0, 0.1) is 6.92 Å². The molecule has 0 fully saturated rings. The normalized spacial score (nSPS) is 11.2. The summed E-state index contributed by atoms with van der Waals surface area (Å²) in [6.07, 6.45) is 0. The van der Waals surface area contributed by atoms with Crippen LogP contribution in [0.3, 0.4) is 0 Å². The van der Waals surface area contributed by atoms with Gasteiger partial charge in [0.25, 0.3) is 0 Å². The lowest BCUT2D eigenvalue weighted by atomic mass is 10.1. The number of carbonyl (C=O) groups is 1. The fourth-order valence-corrected chi connectivity index (χ4v) is 3.50. The molecule has 2 aromatic carbocycles. The van der Waals surface area contributed by atoms with Crippen molar-refractivity contribution in [1.29, 1.82) is 0 Å². The van der Waals surface area contributed by atoms with Crippen molar-refractivity contribution >= 4 is 27.6 Å². The molecule has 0 aliphatic carbocycles. The minimum atomic E-state index is -3.78. The molecule has 0 radical (unpaired) electrons. The Morgan fingerprint density at radius 1 is 1.16 bits per heavy atom. The van der Waals surface area contributed by atoms with E-state index in [0.717, 1.165) is 0 Å². The molecule has 0 aliphatic rings. The number of methoxy groups -OCH3 is 1. The van der Waals surface area contributed by atoms with E-state index in [1.165, 1.54) is 19.2 Å². The lowest BCUT2D eigenvalue weighted by Gasteiger charge is -2.11. The zero-order valence-corrected chi connectivity index (χ0v) is 15.4. The molecule has 0 atom stereocenters. The van der Waals surface area contributed by atoms with E-state index in [1.54, 1.807) is 37.3 Å². The number of ether oxygens (including phenoxy) is 2. The van der Waals surface area contributed by atoms with Crippen LogP contribution in [0.5, 0.6) is 5.75 Å². The van der Waals surface area contributed by atoms with Gasteiger partial charge in [-0.25, -0.2) is 17.9 Å². The third-order valence-corrected chi connectivity index (χ3v) is 5.23. The number of hydrogen-bond acceptors (Lipinski definition) is 5. The smallest absolute Gasteiger partial charge is 0.337 e. The van der Waals surface area contributed by atoms with Crippen LogP contribution in [0.25, 0.3) is 0 Å². The van der Waals surface area contributed by atoms with Crippen molar-refractivity contribution in [3.8, 4) is 5.75 Å². The van der Waals surface area contributed by atoms with Crippen LogP contribution in [0.15, 0.2) is 47.4 Å². The lowest BCUT2D eigenvalue weighted by Crippen LogP contribution is -2.29. The number of halogens is 1. The molecule has 134 valence electrons. The van der Waals surface area contributed by atoms with E-state index in [0.29, 0.717) is 16.3 Å². The van der Waals surface area contributed by atoms with Crippen molar-refractivity contribution in [2.24, 2.45) is 0 Å². The van der Waals surface area contributed by atoms with Gasteiger partial charge >= 0.3 is 5.97 Å². The second-order valence-electron chi connectivity index (χ2n) is 5.17. The molecule has 0 unspecified atom stereocenters. The molecule has 0 amide bonds. The second kappa shape index (κ2) is 8.33. The van der Waals surface area contributed by atoms with Crippen LogP contribution in [-0.2, 0) is 14.8 Å². The van der Waals surface area contributed by atoms with Crippen molar-refractivity contribution in [1.82, 2.24) is 4.72 Å². The first kappa shape index (κ1) is 19.2. The van der Waals surface area contributed by atoms with Crippen molar-refractivity contribution in [3.63, 3.8) is 0 Å². The van der Waals surface area contributed by atoms with E-state index in [4.69, 9.17) is 16.3 Å². The van der Waals surface area contributed by atoms with E-state index in [1.807, 2.05) is 0 Å². The number of carbonyl (C=O) groups excluding carboxylic acids is 1. The summed E-state index contributed by atoms with van der Waals surface area (Å²) in [4.78, 5) is 11.6. The number of hydrogen-bond donors (Lipinski definition) is 1. The number of aryl methyl sites for hydroxylation is 1. The zero-order valence-electron chi connectivity index (χ0n) is 13.8. The van der Waals surface area contributed by atoms with Crippen molar-refractivity contribution < 1.29 is 22.7 Å². The topological polar surface area (TPSA) is 81.7 Å². The first-order chi connectivity index (χ1) is 11.8. The molecule has 1 N–H and O–H groups in total. The maximum absolute atomic E-state index is 12.4. The fraction of sp³-hybridized carbons (Fsp3) is 0.235. The highest BCUT2D eigenvalue weighted by molar-refractivity contribution is 7.89. The number of rotatable bonds is 7. The molecule has 25 heavy (non-hydrogen) atoms. The quantitative estimate of drug-likeness (QED) is 0.587. The van der Waals surface area contributed by atoms with Gasteiger partial charge in [0.05, 0.1) is 17.6 Å². The fourth-order valence-electron chi connectivity index (χ4n) is 2.09. The van der Waals surface area contributed by atoms with E-state index in [9.17, 15) is 13.2 Å². The Balaban J connectivity index is 2.01. The van der Waals surface area contributed by atoms with Gasteiger partial charge in [0.1, 0.15) is 12.4 Å². The van der Waals surface area contributed by atoms with Crippen molar-refractivity contribution in [3.05, 3.63) is 58.6 Å². The van der Waals surface area contributed by atoms with Crippen LogP contribution < -0.4 is 9.46 Å². The largest absolute Gasteiger partial charge is 0.492 e. The summed E-state index contributed by atoms with van der Waals surface area (Å²) in [6.45, 7) is 1.88. The summed E-state index contributed by atoms with van der Waals surface area (Å²) in [6, 6.07) is 11.1. The second-order valence-corrected chi connectivity index (χ2v) is 7.34. The van der Waals surface area contributed by atoms with Gasteiger partial charge in [-0.2, -0.15) is 0 Å². The van der Waals surface area contributed by atoms with E-state index >= 15 is 0 Å². The molecule has 0 aliphatic heterocycles. The molecule has 2 aromatic rings. The highest BCUT2D eigenvalue weighted by Gasteiger charge is 2.19. The summed E-state index contributed by atoms with van der Waals surface area (Å²) >= 11 is 5.78. The predicted molar refractivity (Wildman–Crippen MR) is 94.7 cm³/mol. The Kier molecular flexibility index (Phi) is 6.41. The van der Waals surface area contributed by atoms with Gasteiger partial charge < -0.3 is 9.47 Å². The molecule has 0 saturated carbocycles. The standard InChI is InChI=1S/C17H18ClNO5S/c1-12-3-4-13(17(20)23-2)11-16(12)25(21,22)19-9-10-24-15-7-5-14(18)6-8-15/h3-8,11,19H,9-10H2,1-2H3. The average molecular weight is 384 g/mol. The van der Waals surface area contributed by atoms with Gasteiger partial charge in [0.2, 0.25) is 10.0 Å². The van der Waals surface area contributed by atoms with E-state index < -0.39 is 16.0 Å². The minimum absolute atomic E-state index is 0.0295. The van der Waals surface area contributed by atoms with Gasteiger partial charge in [-0.15, -0.1) is 0 Å². The highest BCUT2D eigenvalue weighted by atomic mass is 35.5. The SMILES string of the molecule is COC(=O)c1ccc(C)c(S(=O)(=O)NCCOc2ccc(Cl)cc2)c1. The number of esters is 1. The Bertz CT molecular complexity index is 850. The first-order valence-electron chi connectivity index (χ1n) is 7.40. The lowest BCUT2D eigenvalue weighted by molar-refractivity contribution is 0.0600. The highest BCUT2D eigenvalue weighted by Crippen LogP contribution is 2.18. The third-order valence-electron chi connectivity index (χ3n) is 3.38. The maximum Gasteiger partial charge on any atom is 0.337 e. The number of sulfonamides is 1. The Morgan fingerprint density at radius 3 is 2.48 bits per heavy atom. The monoisotopic (exact) mass is 383 g/mol. The van der Waals surface area contributed by atoms with Gasteiger partial charge in [-0.1, -0.05) is 17.7 Å². The average Bonchev–Trinajstić information content (AvgIpc) is 2.60. The Hall–Kier alpha value is -2.09. The number of nitrogens with one attached hydrogen (secondary N) is 1. The Labute approximate surface area is 151 Å². The van der Waals surface area contributed by atoms with E-state index in [2.05, 4.69) is 9.46 Å². The first-order valence-corrected chi connectivity index (χ1v) is 9.26. The van der Waals surface area contributed by atoms with Crippen LogP contribution in [0.2, 0.25) is 5.02 Å². The van der Waals surface area contributed by atoms with Gasteiger partial charge in [0.15, 0.2) is 0 Å². The van der Waals surface area contributed by atoms with Gasteiger partial charge in [-0.05, 0) is 48.9 Å². The molecule has 6 nitrogen and oxygen atoms in total. The molecular formula is C17H18ClNO5S. The molecular weight excluding hydrogens is 366 g/mol. The maximum atomic E-state index is 12.4. The minimum Gasteiger partial charge on any atom is -0.492 e. The predicted octanol–water partition coefficient (Wildman–Crippen LogP) is 2.79. The molecule has 2 rings (SSSR count). The zero-order chi connectivity index (χ0) is 18.4. The molecule has 0 spiro atoms. The molecule has 8 heteroatoms. The molecule has 0 saturated heterocycles. The van der Waals surface area contributed by atoms with Gasteiger partial charge in [-0.3, -0.25) is 0 Å². The van der Waals surface area contributed by atoms with Crippen molar-refractivity contribution in [2.45, 2.75) is 11.8 Å². The Morgan fingerprint density at radius 2 is 1.84 bits per heavy atom. The van der Waals surface area contributed by atoms with Crippen LogP contribution in [-0.4, -0.2) is 34.6 Å². The van der Waals surface area contributed by atoms with E-state index in [-0.39, 0.29) is 23.6 Å². The van der Waals surface area contributed by atoms with Crippen LogP contribution in [0.1, 0.15) is 15.9 Å². The van der Waals surface area contributed by atoms with Gasteiger partial charge in [0, 0.05) is 11.6 Å². The third kappa shape index (κ3) is 5.19. The molecule has 0 bridgehead atoms. The molecule has 0 aromatic heterocycles. The summed E-state index contributed by atoms with van der Waals surface area (Å²) in [5.41, 5.74) is 0.699. The number of benzene rings is 2. The van der Waals surface area contributed by atoms with Crippen LogP contribution >= 0.6 is 11.6 Å². The summed E-state index contributed by atoms with van der Waals surface area (Å²) < 4.78 is 37.4.